The maximum Gasteiger partial charge on any atom is 0.126 e. The van der Waals surface area contributed by atoms with Crippen LogP contribution in [0, 0.1) is 5.92 Å². The summed E-state index contributed by atoms with van der Waals surface area (Å²) in [5, 5.41) is 9.28. The van der Waals surface area contributed by atoms with Gasteiger partial charge in [0.2, 0.25) is 0 Å². The van der Waals surface area contributed by atoms with Gasteiger partial charge in [0.25, 0.3) is 0 Å². The monoisotopic (exact) mass is 287 g/mol. The zero-order valence-corrected chi connectivity index (χ0v) is 12.1. The van der Waals surface area contributed by atoms with Crippen LogP contribution in [0.1, 0.15) is 5.56 Å². The van der Waals surface area contributed by atoms with E-state index in [1.165, 1.54) is 0 Å². The minimum absolute atomic E-state index is 0.0532. The molecule has 0 aliphatic rings. The summed E-state index contributed by atoms with van der Waals surface area (Å²) in [6.45, 7) is 0.528. The molecule has 0 spiro atoms. The lowest BCUT2D eigenvalue weighted by Crippen LogP contribution is -2.20. The second-order valence-corrected chi connectivity index (χ2v) is 4.99. The molecule has 2 rings (SSSR count). The maximum absolute atomic E-state index is 9.28. The zero-order valence-electron chi connectivity index (χ0n) is 12.1. The first-order valence-corrected chi connectivity index (χ1v) is 6.87. The average molecular weight is 287 g/mol. The third-order valence-electron chi connectivity index (χ3n) is 3.52. The van der Waals surface area contributed by atoms with Gasteiger partial charge in [-0.3, -0.25) is 4.98 Å². The molecule has 5 nitrogen and oxygen atoms in total. The Labute approximate surface area is 124 Å². The molecule has 21 heavy (non-hydrogen) atoms. The van der Waals surface area contributed by atoms with Crippen LogP contribution >= 0.6 is 0 Å². The van der Waals surface area contributed by atoms with Crippen molar-refractivity contribution < 1.29 is 9.84 Å². The van der Waals surface area contributed by atoms with E-state index in [0.717, 1.165) is 22.4 Å². The molecule has 2 aromatic rings. The summed E-state index contributed by atoms with van der Waals surface area (Å²) < 4.78 is 5.41. The van der Waals surface area contributed by atoms with E-state index in [2.05, 4.69) is 4.98 Å². The van der Waals surface area contributed by atoms with Gasteiger partial charge in [0.05, 0.1) is 7.11 Å². The predicted molar refractivity (Wildman–Crippen MR) is 84.0 cm³/mol. The average Bonchev–Trinajstić information content (AvgIpc) is 2.53. The lowest BCUT2D eigenvalue weighted by Gasteiger charge is -2.15. The Morgan fingerprint density at radius 1 is 1.29 bits per heavy atom. The van der Waals surface area contributed by atoms with E-state index in [0.29, 0.717) is 18.7 Å². The molecule has 0 amide bonds. The number of benzene rings is 1. The number of nitrogens with zero attached hydrogens (tertiary/aromatic N) is 1. The number of methoxy groups -OCH3 is 1. The Morgan fingerprint density at radius 2 is 2.10 bits per heavy atom. The number of ether oxygens (including phenoxy) is 1. The molecule has 0 saturated carbocycles. The van der Waals surface area contributed by atoms with Gasteiger partial charge in [-0.2, -0.15) is 0 Å². The van der Waals surface area contributed by atoms with Gasteiger partial charge in [-0.1, -0.05) is 6.07 Å². The number of anilines is 1. The molecule has 1 aromatic carbocycles. The predicted octanol–water partition coefficient (Wildman–Crippen LogP) is 1.45. The smallest absolute Gasteiger partial charge is 0.126 e. The van der Waals surface area contributed by atoms with Gasteiger partial charge in [0.15, 0.2) is 0 Å². The van der Waals surface area contributed by atoms with Crippen molar-refractivity contribution >= 4 is 5.69 Å². The molecule has 1 heterocycles. The molecule has 0 bridgehead atoms. The van der Waals surface area contributed by atoms with Gasteiger partial charge in [-0.15, -0.1) is 0 Å². The van der Waals surface area contributed by atoms with E-state index in [1.807, 2.05) is 18.2 Å². The molecule has 112 valence electrons. The Morgan fingerprint density at radius 3 is 2.71 bits per heavy atom. The SMILES string of the molecule is COc1ccc(CC(CN)CO)cc1-c1cnccc1N. The molecule has 1 unspecified atom stereocenters. The van der Waals surface area contributed by atoms with Crippen LogP contribution in [0.4, 0.5) is 5.69 Å². The van der Waals surface area contributed by atoms with Gasteiger partial charge in [0, 0.05) is 35.8 Å². The van der Waals surface area contributed by atoms with E-state index in [1.54, 1.807) is 25.6 Å². The van der Waals surface area contributed by atoms with Crippen molar-refractivity contribution in [3.05, 3.63) is 42.2 Å². The Bertz CT molecular complexity index is 598. The normalized spacial score (nSPS) is 12.1. The van der Waals surface area contributed by atoms with Crippen LogP contribution in [-0.4, -0.2) is 30.4 Å². The quantitative estimate of drug-likeness (QED) is 0.747. The summed E-state index contributed by atoms with van der Waals surface area (Å²) in [5.41, 5.74) is 15.1. The van der Waals surface area contributed by atoms with Gasteiger partial charge in [0.1, 0.15) is 5.75 Å². The highest BCUT2D eigenvalue weighted by molar-refractivity contribution is 5.80. The molecule has 0 fully saturated rings. The maximum atomic E-state index is 9.28. The molecule has 0 aliphatic carbocycles. The first-order chi connectivity index (χ1) is 10.2. The van der Waals surface area contributed by atoms with Crippen LogP contribution in [0.15, 0.2) is 36.7 Å². The highest BCUT2D eigenvalue weighted by atomic mass is 16.5. The third-order valence-corrected chi connectivity index (χ3v) is 3.52. The van der Waals surface area contributed by atoms with Crippen molar-refractivity contribution in [2.75, 3.05) is 26.0 Å². The lowest BCUT2D eigenvalue weighted by molar-refractivity contribution is 0.230. The van der Waals surface area contributed by atoms with Gasteiger partial charge in [-0.25, -0.2) is 0 Å². The third kappa shape index (κ3) is 3.51. The number of aliphatic hydroxyl groups is 1. The van der Waals surface area contributed by atoms with Crippen LogP contribution in [0.2, 0.25) is 0 Å². The minimum atomic E-state index is 0.0532. The Balaban J connectivity index is 2.41. The van der Waals surface area contributed by atoms with Crippen molar-refractivity contribution in [2.24, 2.45) is 11.7 Å². The molecular weight excluding hydrogens is 266 g/mol. The molecule has 5 N–H and O–H groups in total. The Hall–Kier alpha value is -2.11. The van der Waals surface area contributed by atoms with Gasteiger partial charge < -0.3 is 21.3 Å². The van der Waals surface area contributed by atoms with Crippen LogP contribution in [0.5, 0.6) is 5.75 Å². The second-order valence-electron chi connectivity index (χ2n) is 4.99. The van der Waals surface area contributed by atoms with E-state index < -0.39 is 0 Å². The molecule has 0 radical (unpaired) electrons. The molecule has 1 aromatic heterocycles. The molecular formula is C16H21N3O2. The number of aliphatic hydroxyl groups excluding tert-OH is 1. The number of nitrogen functional groups attached to an aromatic ring is 1. The number of hydrogen-bond donors (Lipinski definition) is 3. The van der Waals surface area contributed by atoms with Gasteiger partial charge in [-0.05, 0) is 42.6 Å². The van der Waals surface area contributed by atoms with Crippen molar-refractivity contribution in [3.8, 4) is 16.9 Å². The molecule has 0 aliphatic heterocycles. The van der Waals surface area contributed by atoms with Gasteiger partial charge >= 0.3 is 0 Å². The summed E-state index contributed by atoms with van der Waals surface area (Å²) in [7, 11) is 1.63. The number of aromatic nitrogens is 1. The van der Waals surface area contributed by atoms with Crippen molar-refractivity contribution in [1.82, 2.24) is 4.98 Å². The first kappa shape index (κ1) is 15.3. The highest BCUT2D eigenvalue weighted by Crippen LogP contribution is 2.34. The van der Waals surface area contributed by atoms with E-state index in [-0.39, 0.29) is 12.5 Å². The minimum Gasteiger partial charge on any atom is -0.496 e. The van der Waals surface area contributed by atoms with E-state index in [4.69, 9.17) is 16.2 Å². The van der Waals surface area contributed by atoms with Crippen LogP contribution < -0.4 is 16.2 Å². The van der Waals surface area contributed by atoms with Crippen LogP contribution in [0.25, 0.3) is 11.1 Å². The highest BCUT2D eigenvalue weighted by Gasteiger charge is 2.12. The summed E-state index contributed by atoms with van der Waals surface area (Å²) in [6.07, 6.45) is 4.10. The van der Waals surface area contributed by atoms with Crippen LogP contribution in [-0.2, 0) is 6.42 Å². The summed E-state index contributed by atoms with van der Waals surface area (Å²) in [6, 6.07) is 7.66. The summed E-state index contributed by atoms with van der Waals surface area (Å²) in [5.74, 6) is 0.796. The van der Waals surface area contributed by atoms with Crippen molar-refractivity contribution in [1.29, 1.82) is 0 Å². The Kier molecular flexibility index (Phi) is 5.14. The zero-order chi connectivity index (χ0) is 15.2. The van der Waals surface area contributed by atoms with E-state index >= 15 is 0 Å². The number of nitrogens with two attached hydrogens (primary N) is 2. The van der Waals surface area contributed by atoms with Crippen molar-refractivity contribution in [2.45, 2.75) is 6.42 Å². The second kappa shape index (κ2) is 7.06. The fourth-order valence-corrected chi connectivity index (χ4v) is 2.28. The standard InChI is InChI=1S/C16H21N3O2/c1-21-16-3-2-11(6-12(8-17)10-20)7-13(16)14-9-19-5-4-15(14)18/h2-5,7,9,12,20H,6,8,10,17H2,1H3,(H2,18,19). The largest absolute Gasteiger partial charge is 0.496 e. The number of rotatable bonds is 6. The summed E-state index contributed by atoms with van der Waals surface area (Å²) in [4.78, 5) is 4.12. The first-order valence-electron chi connectivity index (χ1n) is 6.87. The summed E-state index contributed by atoms with van der Waals surface area (Å²) >= 11 is 0. The number of hydrogen-bond acceptors (Lipinski definition) is 5. The van der Waals surface area contributed by atoms with Crippen LogP contribution in [0.3, 0.4) is 0 Å². The molecule has 1 atom stereocenters. The molecule has 5 heteroatoms. The molecule has 0 saturated heterocycles. The topological polar surface area (TPSA) is 94.4 Å². The fraction of sp³-hybridized carbons (Fsp3) is 0.312. The van der Waals surface area contributed by atoms with E-state index in [9.17, 15) is 5.11 Å². The van der Waals surface area contributed by atoms with Crippen molar-refractivity contribution in [3.63, 3.8) is 0 Å². The lowest BCUT2D eigenvalue weighted by atomic mass is 9.96. The number of pyridine rings is 1. The fourth-order valence-electron chi connectivity index (χ4n) is 2.28.